The number of oxazole rings is 1. The van der Waals surface area contributed by atoms with E-state index >= 15 is 0 Å². The summed E-state index contributed by atoms with van der Waals surface area (Å²) in [6.45, 7) is -0.663. The molecule has 0 bridgehead atoms. The number of benzene rings is 1. The van der Waals surface area contributed by atoms with Crippen LogP contribution in [0.4, 0.5) is 26.7 Å². The van der Waals surface area contributed by atoms with Crippen molar-refractivity contribution in [2.75, 3.05) is 20.3 Å². The van der Waals surface area contributed by atoms with E-state index < -0.39 is 54.8 Å². The van der Waals surface area contributed by atoms with Gasteiger partial charge in [0.25, 0.3) is 5.91 Å². The van der Waals surface area contributed by atoms with Crippen LogP contribution < -0.4 is 10.6 Å². The molecule has 1 aliphatic heterocycles. The monoisotopic (exact) mass is 584 g/mol. The van der Waals surface area contributed by atoms with Crippen molar-refractivity contribution in [3.8, 4) is 0 Å². The van der Waals surface area contributed by atoms with Crippen molar-refractivity contribution in [3.05, 3.63) is 47.4 Å². The molecule has 222 valence electrons. The number of hydrogen-bond acceptors (Lipinski definition) is 6. The topological polar surface area (TPSA) is 115 Å². The highest BCUT2D eigenvalue weighted by atomic mass is 19.4. The summed E-state index contributed by atoms with van der Waals surface area (Å²) in [7, 11) is 2.80. The van der Waals surface area contributed by atoms with Crippen LogP contribution in [0, 0.1) is 11.7 Å². The number of urea groups is 1. The van der Waals surface area contributed by atoms with E-state index in [1.807, 2.05) is 5.32 Å². The lowest BCUT2D eigenvalue weighted by Crippen LogP contribution is -2.40. The van der Waals surface area contributed by atoms with Crippen LogP contribution in [0.2, 0.25) is 0 Å². The number of rotatable bonds is 8. The molecule has 1 aliphatic carbocycles. The summed E-state index contributed by atoms with van der Waals surface area (Å²) in [4.78, 5) is 31.1. The lowest BCUT2D eigenvalue weighted by molar-refractivity contribution is -0.150. The van der Waals surface area contributed by atoms with Gasteiger partial charge in [-0.1, -0.05) is 6.07 Å². The molecule has 1 saturated carbocycles. The average molecular weight is 585 g/mol. The maximum Gasteiger partial charge on any atom is 0.410 e. The number of fused-ring (bicyclic) bond motifs is 1. The molecule has 5 rings (SSSR count). The predicted octanol–water partition coefficient (Wildman–Crippen LogP) is 4.34. The molecule has 2 aliphatic rings. The fourth-order valence-electron chi connectivity index (χ4n) is 5.51. The van der Waals surface area contributed by atoms with Gasteiger partial charge >= 0.3 is 12.2 Å². The van der Waals surface area contributed by atoms with Gasteiger partial charge in [-0.3, -0.25) is 9.48 Å². The van der Waals surface area contributed by atoms with Gasteiger partial charge in [-0.25, -0.2) is 18.6 Å². The van der Waals surface area contributed by atoms with Crippen molar-refractivity contribution < 1.29 is 40.7 Å². The molecule has 2 N–H and O–H groups in total. The van der Waals surface area contributed by atoms with E-state index in [-0.39, 0.29) is 37.0 Å². The number of nitrogens with one attached hydrogen (secondary N) is 2. The normalized spacial score (nSPS) is 23.0. The standard InChI is InChI=1S/C26H29F5N6O4/c1-36-22(16(28)10-32-36)23(38)35-21(13-3-6-15(27)7-4-13)24-33-17-9-14(5-8-19(17)41-24)18(12-40-2)37-11-20(26(29,30)31)34-25(37)39/h5,8-10,13,15,18,20-21H,3-4,6-7,11-12H2,1-2H3,(H,34,39)(H,35,38)/t13?,15?,18-,20+,21+/m1/s1. The van der Waals surface area contributed by atoms with Crippen LogP contribution in [0.15, 0.2) is 28.8 Å². The first-order valence-electron chi connectivity index (χ1n) is 13.1. The Labute approximate surface area is 231 Å². The molecule has 0 radical (unpaired) electrons. The Bertz CT molecular complexity index is 1400. The van der Waals surface area contributed by atoms with Crippen molar-refractivity contribution in [2.24, 2.45) is 13.0 Å². The number of nitrogens with zero attached hydrogens (tertiary/aromatic N) is 4. The highest BCUT2D eigenvalue weighted by Crippen LogP contribution is 2.37. The lowest BCUT2D eigenvalue weighted by atomic mass is 9.83. The number of aromatic nitrogens is 3. The number of amides is 3. The lowest BCUT2D eigenvalue weighted by Gasteiger charge is -2.30. The number of hydrogen-bond donors (Lipinski definition) is 2. The minimum atomic E-state index is -4.61. The van der Waals surface area contributed by atoms with Gasteiger partial charge in [0, 0.05) is 14.2 Å². The number of carbonyl (C=O) groups excluding carboxylic acids is 2. The van der Waals surface area contributed by atoms with E-state index in [4.69, 9.17) is 9.15 Å². The maximum atomic E-state index is 14.3. The highest BCUT2D eigenvalue weighted by molar-refractivity contribution is 5.93. The molecular weight excluding hydrogens is 555 g/mol. The van der Waals surface area contributed by atoms with Crippen molar-refractivity contribution >= 4 is 23.0 Å². The summed E-state index contributed by atoms with van der Waals surface area (Å²) in [6, 6.07) is 0.207. The van der Waals surface area contributed by atoms with Gasteiger partial charge in [0.1, 0.15) is 23.8 Å². The molecule has 15 heteroatoms. The second-order valence-electron chi connectivity index (χ2n) is 10.4. The van der Waals surface area contributed by atoms with E-state index in [0.29, 0.717) is 29.5 Å². The number of methoxy groups -OCH3 is 1. The van der Waals surface area contributed by atoms with Gasteiger partial charge in [-0.15, -0.1) is 0 Å². The second-order valence-corrected chi connectivity index (χ2v) is 10.4. The maximum absolute atomic E-state index is 14.3. The smallest absolute Gasteiger partial charge is 0.410 e. The highest BCUT2D eigenvalue weighted by Gasteiger charge is 2.48. The molecule has 2 fully saturated rings. The number of alkyl halides is 4. The van der Waals surface area contributed by atoms with Crippen LogP contribution in [-0.2, 0) is 11.8 Å². The molecule has 3 heterocycles. The van der Waals surface area contributed by atoms with Crippen LogP contribution in [0.1, 0.15) is 59.7 Å². The van der Waals surface area contributed by atoms with Crippen molar-refractivity contribution in [2.45, 2.75) is 56.2 Å². The molecule has 1 aromatic carbocycles. The van der Waals surface area contributed by atoms with Gasteiger partial charge in [0.05, 0.1) is 25.4 Å². The number of ether oxygens (including phenoxy) is 1. The Hall–Kier alpha value is -3.75. The summed E-state index contributed by atoms with van der Waals surface area (Å²) in [5, 5.41) is 8.50. The molecule has 10 nitrogen and oxygen atoms in total. The minimum Gasteiger partial charge on any atom is -0.438 e. The first-order chi connectivity index (χ1) is 19.5. The molecule has 41 heavy (non-hydrogen) atoms. The third-order valence-corrected chi connectivity index (χ3v) is 7.68. The molecule has 3 amide bonds. The summed E-state index contributed by atoms with van der Waals surface area (Å²) >= 11 is 0. The number of carbonyl (C=O) groups is 2. The van der Waals surface area contributed by atoms with Gasteiger partial charge in [-0.05, 0) is 49.3 Å². The Kier molecular flexibility index (Phi) is 7.90. The molecular formula is C26H29F5N6O4. The van der Waals surface area contributed by atoms with E-state index in [0.717, 1.165) is 15.8 Å². The quantitative estimate of drug-likeness (QED) is 0.381. The van der Waals surface area contributed by atoms with E-state index in [1.165, 1.54) is 14.2 Å². The van der Waals surface area contributed by atoms with Gasteiger partial charge in [0.15, 0.2) is 17.1 Å². The largest absolute Gasteiger partial charge is 0.438 e. The molecule has 3 aromatic rings. The van der Waals surface area contributed by atoms with Crippen molar-refractivity contribution in [1.29, 1.82) is 0 Å². The average Bonchev–Trinajstić information content (AvgIpc) is 3.62. The predicted molar refractivity (Wildman–Crippen MR) is 134 cm³/mol. The third-order valence-electron chi connectivity index (χ3n) is 7.68. The molecule has 2 aromatic heterocycles. The first-order valence-corrected chi connectivity index (χ1v) is 13.1. The first kappa shape index (κ1) is 28.8. The van der Waals surface area contributed by atoms with E-state index in [1.54, 1.807) is 18.2 Å². The molecule has 3 atom stereocenters. The molecule has 0 spiro atoms. The van der Waals surface area contributed by atoms with Crippen LogP contribution in [0.3, 0.4) is 0 Å². The van der Waals surface area contributed by atoms with Crippen LogP contribution in [0.5, 0.6) is 0 Å². The van der Waals surface area contributed by atoms with Crippen molar-refractivity contribution in [1.82, 2.24) is 30.3 Å². The fraction of sp³-hybridized carbons (Fsp3) is 0.538. The van der Waals surface area contributed by atoms with E-state index in [9.17, 15) is 31.5 Å². The van der Waals surface area contributed by atoms with Crippen LogP contribution >= 0.6 is 0 Å². The Morgan fingerprint density at radius 1 is 1.27 bits per heavy atom. The van der Waals surface area contributed by atoms with Gasteiger partial charge in [0.2, 0.25) is 5.89 Å². The number of aryl methyl sites for hydroxylation is 1. The van der Waals surface area contributed by atoms with E-state index in [2.05, 4.69) is 15.4 Å². The summed E-state index contributed by atoms with van der Waals surface area (Å²) in [5.74, 6) is -1.67. The zero-order chi connectivity index (χ0) is 29.5. The van der Waals surface area contributed by atoms with Crippen LogP contribution in [0.25, 0.3) is 11.1 Å². The summed E-state index contributed by atoms with van der Waals surface area (Å²) in [5.41, 5.74) is 0.837. The SMILES string of the molecule is COC[C@H](c1ccc2oc([C@@H](NC(=O)c3c(F)cnn3C)C3CCC(F)CC3)nc2c1)N1C[C@@H](C(F)(F)F)NC1=O. The summed E-state index contributed by atoms with van der Waals surface area (Å²) in [6.07, 6.45) is -3.19. The third kappa shape index (κ3) is 5.85. The Balaban J connectivity index is 1.45. The zero-order valence-electron chi connectivity index (χ0n) is 22.3. The van der Waals surface area contributed by atoms with Gasteiger partial charge in [-0.2, -0.15) is 18.3 Å². The zero-order valence-corrected chi connectivity index (χ0v) is 22.3. The van der Waals surface area contributed by atoms with Gasteiger partial charge < -0.3 is 24.7 Å². The molecule has 1 saturated heterocycles. The Morgan fingerprint density at radius 2 is 2.00 bits per heavy atom. The second kappa shape index (κ2) is 11.3. The minimum absolute atomic E-state index is 0.0738. The fourth-order valence-corrected chi connectivity index (χ4v) is 5.51. The summed E-state index contributed by atoms with van der Waals surface area (Å²) < 4.78 is 80.3. The molecule has 0 unspecified atom stereocenters. The van der Waals surface area contributed by atoms with Crippen molar-refractivity contribution in [3.63, 3.8) is 0 Å². The van der Waals surface area contributed by atoms with Crippen LogP contribution in [-0.4, -0.2) is 70.3 Å². The number of halogens is 5. The Morgan fingerprint density at radius 3 is 2.61 bits per heavy atom.